The molecule has 0 unspecified atom stereocenters. The molecule has 152 valence electrons. The minimum absolute atomic E-state index is 0.0278. The molecule has 0 saturated carbocycles. The summed E-state index contributed by atoms with van der Waals surface area (Å²) < 4.78 is 44.5. The number of rotatable bonds is 6. The monoisotopic (exact) mass is 397 g/mol. The summed E-state index contributed by atoms with van der Waals surface area (Å²) in [6, 6.07) is 4.19. The predicted octanol–water partition coefficient (Wildman–Crippen LogP) is 2.88. The van der Waals surface area contributed by atoms with Gasteiger partial charge in [-0.15, -0.1) is 0 Å². The van der Waals surface area contributed by atoms with E-state index in [1.165, 1.54) is 39.5 Å². The van der Waals surface area contributed by atoms with E-state index in [-0.39, 0.29) is 22.6 Å². The van der Waals surface area contributed by atoms with Crippen molar-refractivity contribution in [1.29, 1.82) is 0 Å². The van der Waals surface area contributed by atoms with Crippen molar-refractivity contribution in [3.63, 3.8) is 0 Å². The van der Waals surface area contributed by atoms with Crippen LogP contribution in [0.2, 0.25) is 0 Å². The van der Waals surface area contributed by atoms with Gasteiger partial charge < -0.3 is 24.3 Å². The molecular weight excluding hydrogens is 376 g/mol. The van der Waals surface area contributed by atoms with Crippen molar-refractivity contribution in [3.8, 4) is 11.5 Å². The lowest BCUT2D eigenvalue weighted by molar-refractivity contribution is -0.137. The molecule has 2 rings (SSSR count). The normalized spacial score (nSPS) is 14.7. The van der Waals surface area contributed by atoms with Crippen LogP contribution in [0.3, 0.4) is 0 Å². The lowest BCUT2D eigenvalue weighted by atomic mass is 9.80. The van der Waals surface area contributed by atoms with Crippen LogP contribution in [0.4, 0.5) is 8.78 Å². The van der Waals surface area contributed by atoms with E-state index in [1.54, 1.807) is 13.8 Å². The minimum atomic E-state index is -3.03. The molecule has 1 aromatic carbocycles. The molecule has 0 fully saturated rings. The molecule has 0 saturated heterocycles. The molecule has 1 N–H and O–H groups in total. The summed E-state index contributed by atoms with van der Waals surface area (Å²) in [4.78, 5) is 24.9. The second kappa shape index (κ2) is 8.73. The molecule has 1 aromatic rings. The van der Waals surface area contributed by atoms with Crippen LogP contribution < -0.4 is 14.8 Å². The standard InChI is InChI=1S/C19H21F2NO6/c1-9-14(17(23)26-4)16(15(10(2)22-9)18(24)27-5)11-6-7-12(28-19(20)21)13(8-11)25-3/h6-8,16,19,22H,1-5H3. The summed E-state index contributed by atoms with van der Waals surface area (Å²) in [6.45, 7) is 0.309. The van der Waals surface area contributed by atoms with Crippen LogP contribution in [0.25, 0.3) is 0 Å². The third-order valence-corrected chi connectivity index (χ3v) is 4.31. The van der Waals surface area contributed by atoms with E-state index < -0.39 is 24.5 Å². The molecule has 1 heterocycles. The molecule has 1 aliphatic rings. The third-order valence-electron chi connectivity index (χ3n) is 4.31. The predicted molar refractivity (Wildman–Crippen MR) is 94.9 cm³/mol. The molecule has 0 spiro atoms. The number of hydrogen-bond acceptors (Lipinski definition) is 7. The first-order chi connectivity index (χ1) is 13.2. The highest BCUT2D eigenvalue weighted by Crippen LogP contribution is 2.42. The first kappa shape index (κ1) is 21.2. The number of allylic oxidation sites excluding steroid dienone is 2. The average molecular weight is 397 g/mol. The van der Waals surface area contributed by atoms with Crippen LogP contribution in [0.1, 0.15) is 25.3 Å². The number of nitrogens with one attached hydrogen (secondary N) is 1. The van der Waals surface area contributed by atoms with Crippen LogP contribution in [0.15, 0.2) is 40.7 Å². The largest absolute Gasteiger partial charge is 0.493 e. The Morgan fingerprint density at radius 1 is 0.964 bits per heavy atom. The van der Waals surface area contributed by atoms with Crippen LogP contribution in [0, 0.1) is 0 Å². The fourth-order valence-electron chi connectivity index (χ4n) is 3.15. The molecule has 0 atom stereocenters. The van der Waals surface area contributed by atoms with E-state index in [0.29, 0.717) is 17.0 Å². The van der Waals surface area contributed by atoms with Crippen molar-refractivity contribution < 1.29 is 37.3 Å². The Hall–Kier alpha value is -3.10. The maximum Gasteiger partial charge on any atom is 0.387 e. The van der Waals surface area contributed by atoms with Crippen molar-refractivity contribution in [1.82, 2.24) is 5.32 Å². The zero-order valence-electron chi connectivity index (χ0n) is 16.1. The second-order valence-electron chi connectivity index (χ2n) is 5.91. The van der Waals surface area contributed by atoms with Crippen LogP contribution in [-0.4, -0.2) is 39.9 Å². The molecule has 9 heteroatoms. The average Bonchev–Trinajstić information content (AvgIpc) is 2.66. The Morgan fingerprint density at radius 3 is 1.93 bits per heavy atom. The summed E-state index contributed by atoms with van der Waals surface area (Å²) in [5.74, 6) is -2.28. The fourth-order valence-corrected chi connectivity index (χ4v) is 3.15. The van der Waals surface area contributed by atoms with Gasteiger partial charge in [-0.05, 0) is 31.5 Å². The van der Waals surface area contributed by atoms with Crippen LogP contribution in [0.5, 0.6) is 11.5 Å². The molecule has 1 aliphatic heterocycles. The zero-order chi connectivity index (χ0) is 21.0. The second-order valence-corrected chi connectivity index (χ2v) is 5.91. The van der Waals surface area contributed by atoms with E-state index in [9.17, 15) is 18.4 Å². The Bertz CT molecular complexity index is 809. The number of ether oxygens (including phenoxy) is 4. The first-order valence-corrected chi connectivity index (χ1v) is 8.23. The number of hydrogen-bond donors (Lipinski definition) is 1. The van der Waals surface area contributed by atoms with Gasteiger partial charge in [-0.1, -0.05) is 6.07 Å². The SMILES string of the molecule is COC(=O)C1=C(C)NC(C)=C(C(=O)OC)C1c1ccc(OC(F)F)c(OC)c1. The van der Waals surface area contributed by atoms with Gasteiger partial charge in [0.1, 0.15) is 0 Å². The Kier molecular flexibility index (Phi) is 6.61. The van der Waals surface area contributed by atoms with Gasteiger partial charge >= 0.3 is 18.6 Å². The van der Waals surface area contributed by atoms with Crippen molar-refractivity contribution in [2.24, 2.45) is 0 Å². The summed E-state index contributed by atoms with van der Waals surface area (Å²) in [5.41, 5.74) is 1.82. The summed E-state index contributed by atoms with van der Waals surface area (Å²) in [5, 5.41) is 2.98. The highest BCUT2D eigenvalue weighted by Gasteiger charge is 2.38. The molecule has 0 bridgehead atoms. The summed E-state index contributed by atoms with van der Waals surface area (Å²) in [6.07, 6.45) is 0. The Balaban J connectivity index is 2.68. The van der Waals surface area contributed by atoms with Gasteiger partial charge in [0.15, 0.2) is 11.5 Å². The van der Waals surface area contributed by atoms with Gasteiger partial charge in [0.05, 0.1) is 38.4 Å². The van der Waals surface area contributed by atoms with Crippen molar-refractivity contribution in [2.75, 3.05) is 21.3 Å². The topological polar surface area (TPSA) is 83.1 Å². The number of esters is 2. The summed E-state index contributed by atoms with van der Waals surface area (Å²) in [7, 11) is 3.75. The number of halogens is 2. The number of carbonyl (C=O) groups is 2. The Labute approximate surface area is 160 Å². The highest BCUT2D eigenvalue weighted by atomic mass is 19.3. The van der Waals surface area contributed by atoms with E-state index in [4.69, 9.17) is 14.2 Å². The van der Waals surface area contributed by atoms with Gasteiger partial charge in [0.2, 0.25) is 0 Å². The molecule has 0 aliphatic carbocycles. The van der Waals surface area contributed by atoms with E-state index in [0.717, 1.165) is 0 Å². The summed E-state index contributed by atoms with van der Waals surface area (Å²) >= 11 is 0. The molecule has 28 heavy (non-hydrogen) atoms. The molecule has 7 nitrogen and oxygen atoms in total. The number of alkyl halides is 2. The van der Waals surface area contributed by atoms with E-state index in [1.807, 2.05) is 0 Å². The highest BCUT2D eigenvalue weighted by molar-refractivity contribution is 5.99. The van der Waals surface area contributed by atoms with Crippen LogP contribution >= 0.6 is 0 Å². The molecule has 0 amide bonds. The maximum absolute atomic E-state index is 12.6. The Morgan fingerprint density at radius 2 is 1.50 bits per heavy atom. The van der Waals surface area contributed by atoms with Gasteiger partial charge in [-0.2, -0.15) is 8.78 Å². The van der Waals surface area contributed by atoms with Gasteiger partial charge in [-0.3, -0.25) is 0 Å². The van der Waals surface area contributed by atoms with Gasteiger partial charge in [0, 0.05) is 11.4 Å². The lowest BCUT2D eigenvalue weighted by Crippen LogP contribution is -2.32. The number of methoxy groups -OCH3 is 3. The van der Waals surface area contributed by atoms with Gasteiger partial charge in [0.25, 0.3) is 0 Å². The third kappa shape index (κ3) is 4.08. The smallest absolute Gasteiger partial charge is 0.387 e. The maximum atomic E-state index is 12.6. The first-order valence-electron chi connectivity index (χ1n) is 8.23. The minimum Gasteiger partial charge on any atom is -0.493 e. The van der Waals surface area contributed by atoms with Crippen molar-refractivity contribution in [2.45, 2.75) is 26.4 Å². The number of carbonyl (C=O) groups excluding carboxylic acids is 2. The van der Waals surface area contributed by atoms with E-state index in [2.05, 4.69) is 10.1 Å². The van der Waals surface area contributed by atoms with Gasteiger partial charge in [-0.25, -0.2) is 9.59 Å². The lowest BCUT2D eigenvalue weighted by Gasteiger charge is -2.30. The fraction of sp³-hybridized carbons (Fsp3) is 0.368. The van der Waals surface area contributed by atoms with Crippen LogP contribution in [-0.2, 0) is 19.1 Å². The van der Waals surface area contributed by atoms with Crippen molar-refractivity contribution in [3.05, 3.63) is 46.3 Å². The molecular formula is C19H21F2NO6. The number of benzene rings is 1. The van der Waals surface area contributed by atoms with E-state index >= 15 is 0 Å². The molecule has 0 aromatic heterocycles. The zero-order valence-corrected chi connectivity index (χ0v) is 16.1. The quantitative estimate of drug-likeness (QED) is 0.739. The van der Waals surface area contributed by atoms with Crippen molar-refractivity contribution >= 4 is 11.9 Å². The molecule has 0 radical (unpaired) electrons. The number of dihydropyridines is 1.